The fourth-order valence-electron chi connectivity index (χ4n) is 2.08. The lowest BCUT2D eigenvalue weighted by Gasteiger charge is -2.20. The molecule has 0 spiro atoms. The number of cyclic esters (lactones) is 1. The molecule has 1 aromatic rings. The molecule has 7 nitrogen and oxygen atoms in total. The third kappa shape index (κ3) is 3.38. The predicted octanol–water partition coefficient (Wildman–Crippen LogP) is -0.832. The van der Waals surface area contributed by atoms with Gasteiger partial charge in [-0.15, -0.1) is 0 Å². The summed E-state index contributed by atoms with van der Waals surface area (Å²) in [5, 5.41) is 28.0. The molecule has 0 amide bonds. The van der Waals surface area contributed by atoms with Crippen LogP contribution in [-0.2, 0) is 25.5 Å². The Kier molecular flexibility index (Phi) is 4.89. The monoisotopic (exact) mass is 296 g/mol. The number of benzene rings is 1. The topological polar surface area (TPSA) is 113 Å². The van der Waals surface area contributed by atoms with E-state index < -0.39 is 36.7 Å². The Labute approximate surface area is 120 Å². The molecule has 1 saturated heterocycles. The highest BCUT2D eigenvalue weighted by atomic mass is 16.6. The van der Waals surface area contributed by atoms with E-state index in [0.29, 0.717) is 12.0 Å². The molecule has 0 saturated carbocycles. The fraction of sp³-hybridized carbons (Fsp3) is 0.429. The third-order valence-corrected chi connectivity index (χ3v) is 3.23. The average molecular weight is 296 g/mol. The summed E-state index contributed by atoms with van der Waals surface area (Å²) in [4.78, 5) is 22.8. The molecule has 1 unspecified atom stereocenters. The zero-order valence-electron chi connectivity index (χ0n) is 11.1. The second-order valence-electron chi connectivity index (χ2n) is 4.65. The molecule has 1 fully saturated rings. The van der Waals surface area contributed by atoms with Crippen molar-refractivity contribution in [3.63, 3.8) is 0 Å². The van der Waals surface area contributed by atoms with Crippen molar-refractivity contribution in [1.29, 1.82) is 0 Å². The summed E-state index contributed by atoms with van der Waals surface area (Å²) >= 11 is 0. The van der Waals surface area contributed by atoms with E-state index >= 15 is 0 Å². The Morgan fingerprint density at radius 2 is 2.00 bits per heavy atom. The third-order valence-electron chi connectivity index (χ3n) is 3.23. The van der Waals surface area contributed by atoms with Crippen LogP contribution in [0.2, 0.25) is 0 Å². The van der Waals surface area contributed by atoms with E-state index in [9.17, 15) is 19.8 Å². The van der Waals surface area contributed by atoms with Gasteiger partial charge in [-0.05, 0) is 18.1 Å². The number of rotatable bonds is 6. The minimum absolute atomic E-state index is 0.0548. The van der Waals surface area contributed by atoms with Crippen LogP contribution >= 0.6 is 0 Å². The molecule has 0 aliphatic carbocycles. The van der Waals surface area contributed by atoms with E-state index in [2.05, 4.69) is 0 Å². The van der Waals surface area contributed by atoms with Crippen molar-refractivity contribution in [3.8, 4) is 5.75 Å². The summed E-state index contributed by atoms with van der Waals surface area (Å²) < 4.78 is 10.00. The number of aliphatic hydroxyl groups is 2. The smallest absolute Gasteiger partial charge is 0.378 e. The average Bonchev–Trinajstić information content (AvgIpc) is 2.76. The second kappa shape index (κ2) is 6.66. The second-order valence-corrected chi connectivity index (χ2v) is 4.65. The minimum Gasteiger partial charge on any atom is -0.508 e. The molecule has 1 aromatic carbocycles. The molecule has 0 radical (unpaired) electrons. The number of ether oxygens (including phenoxy) is 2. The van der Waals surface area contributed by atoms with Gasteiger partial charge in [0.2, 0.25) is 0 Å². The Hall–Kier alpha value is -1.96. The van der Waals surface area contributed by atoms with Gasteiger partial charge in [-0.2, -0.15) is 0 Å². The van der Waals surface area contributed by atoms with E-state index in [1.807, 2.05) is 0 Å². The standard InChI is InChI=1S/C14H16O7/c15-7-10(17)12-13(11(18)14(19)21-12)20-6-5-8-3-1-2-4-9(8)16/h1-4,10,12-13,15-17H,5-7H2/t10-,12+,13?/m0/s1. The fourth-order valence-corrected chi connectivity index (χ4v) is 2.08. The van der Waals surface area contributed by atoms with Crippen LogP contribution < -0.4 is 0 Å². The number of hydrogen-bond donors (Lipinski definition) is 3. The van der Waals surface area contributed by atoms with Crippen molar-refractivity contribution in [2.24, 2.45) is 0 Å². The Morgan fingerprint density at radius 1 is 1.29 bits per heavy atom. The summed E-state index contributed by atoms with van der Waals surface area (Å²) in [6.07, 6.45) is -3.51. The van der Waals surface area contributed by atoms with E-state index in [1.165, 1.54) is 6.07 Å². The van der Waals surface area contributed by atoms with Gasteiger partial charge in [0.25, 0.3) is 5.78 Å². The summed E-state index contributed by atoms with van der Waals surface area (Å²) in [5.74, 6) is -1.86. The van der Waals surface area contributed by atoms with Gasteiger partial charge in [-0.1, -0.05) is 18.2 Å². The Balaban J connectivity index is 1.96. The van der Waals surface area contributed by atoms with E-state index in [1.54, 1.807) is 18.2 Å². The first-order valence-electron chi connectivity index (χ1n) is 6.46. The number of aliphatic hydroxyl groups excluding tert-OH is 2. The molecular formula is C14H16O7. The van der Waals surface area contributed by atoms with Crippen LogP contribution in [0, 0.1) is 0 Å². The zero-order valence-corrected chi connectivity index (χ0v) is 11.1. The molecule has 2 rings (SSSR count). The summed E-state index contributed by atoms with van der Waals surface area (Å²) in [5.41, 5.74) is 0.634. The van der Waals surface area contributed by atoms with Crippen LogP contribution in [0.5, 0.6) is 5.75 Å². The molecule has 21 heavy (non-hydrogen) atoms. The first kappa shape index (κ1) is 15.4. The molecule has 0 aromatic heterocycles. The SMILES string of the molecule is O=C1O[C@H]([C@@H](O)CO)C(OCCc2ccccc2O)C1=O. The number of esters is 1. The highest BCUT2D eigenvalue weighted by Crippen LogP contribution is 2.20. The van der Waals surface area contributed by atoms with Gasteiger partial charge in [0, 0.05) is 0 Å². The number of Topliss-reactive ketones (excluding diaryl/α,β-unsaturated/α-hetero) is 1. The Morgan fingerprint density at radius 3 is 2.67 bits per heavy atom. The number of phenols is 1. The molecule has 3 atom stereocenters. The molecule has 1 heterocycles. The number of carbonyl (C=O) groups is 2. The number of ketones is 1. The number of phenolic OH excluding ortho intramolecular Hbond substituents is 1. The van der Waals surface area contributed by atoms with Gasteiger partial charge in [0.1, 0.15) is 11.9 Å². The van der Waals surface area contributed by atoms with Crippen LogP contribution in [0.3, 0.4) is 0 Å². The van der Waals surface area contributed by atoms with Gasteiger partial charge in [0.15, 0.2) is 12.2 Å². The highest BCUT2D eigenvalue weighted by molar-refractivity contribution is 6.37. The molecule has 1 aliphatic rings. The summed E-state index contributed by atoms with van der Waals surface area (Å²) in [6.45, 7) is -0.593. The van der Waals surface area contributed by atoms with Crippen molar-refractivity contribution >= 4 is 11.8 Å². The molecular weight excluding hydrogens is 280 g/mol. The van der Waals surface area contributed by atoms with Crippen LogP contribution in [0.15, 0.2) is 24.3 Å². The van der Waals surface area contributed by atoms with E-state index in [4.69, 9.17) is 14.6 Å². The van der Waals surface area contributed by atoms with E-state index in [-0.39, 0.29) is 12.4 Å². The number of para-hydroxylation sites is 1. The number of hydrogen-bond acceptors (Lipinski definition) is 7. The number of carbonyl (C=O) groups excluding carboxylic acids is 2. The van der Waals surface area contributed by atoms with Gasteiger partial charge in [0.05, 0.1) is 13.2 Å². The van der Waals surface area contributed by atoms with Crippen LogP contribution in [0.1, 0.15) is 5.56 Å². The van der Waals surface area contributed by atoms with Crippen LogP contribution in [-0.4, -0.2) is 58.6 Å². The summed E-state index contributed by atoms with van der Waals surface area (Å²) in [6, 6.07) is 6.67. The van der Waals surface area contributed by atoms with Gasteiger partial charge in [-0.3, -0.25) is 4.79 Å². The van der Waals surface area contributed by atoms with Gasteiger partial charge < -0.3 is 24.8 Å². The zero-order chi connectivity index (χ0) is 15.4. The lowest BCUT2D eigenvalue weighted by Crippen LogP contribution is -2.41. The van der Waals surface area contributed by atoms with E-state index in [0.717, 1.165) is 0 Å². The highest BCUT2D eigenvalue weighted by Gasteiger charge is 2.47. The lowest BCUT2D eigenvalue weighted by molar-refractivity contribution is -0.152. The quantitative estimate of drug-likeness (QED) is 0.463. The minimum atomic E-state index is -1.38. The summed E-state index contributed by atoms with van der Waals surface area (Å²) in [7, 11) is 0. The van der Waals surface area contributed by atoms with Crippen LogP contribution in [0.25, 0.3) is 0 Å². The maximum Gasteiger partial charge on any atom is 0.378 e. The van der Waals surface area contributed by atoms with Gasteiger partial charge in [-0.25, -0.2) is 4.79 Å². The molecule has 1 aliphatic heterocycles. The van der Waals surface area contributed by atoms with Crippen molar-refractivity contribution in [1.82, 2.24) is 0 Å². The molecule has 0 bridgehead atoms. The van der Waals surface area contributed by atoms with Crippen molar-refractivity contribution in [3.05, 3.63) is 29.8 Å². The van der Waals surface area contributed by atoms with Gasteiger partial charge >= 0.3 is 5.97 Å². The number of aromatic hydroxyl groups is 1. The first-order chi connectivity index (χ1) is 10.0. The molecule has 3 N–H and O–H groups in total. The normalized spacial score (nSPS) is 23.1. The largest absolute Gasteiger partial charge is 0.508 e. The molecule has 7 heteroatoms. The molecule has 114 valence electrons. The predicted molar refractivity (Wildman–Crippen MR) is 69.5 cm³/mol. The van der Waals surface area contributed by atoms with Crippen LogP contribution in [0.4, 0.5) is 0 Å². The maximum absolute atomic E-state index is 11.6. The first-order valence-corrected chi connectivity index (χ1v) is 6.46. The van der Waals surface area contributed by atoms with Crippen molar-refractivity contribution < 1.29 is 34.4 Å². The van der Waals surface area contributed by atoms with Crippen molar-refractivity contribution in [2.75, 3.05) is 13.2 Å². The van der Waals surface area contributed by atoms with Crippen molar-refractivity contribution in [2.45, 2.75) is 24.7 Å². The lowest BCUT2D eigenvalue weighted by atomic mass is 10.1. The Bertz CT molecular complexity index is 528. The maximum atomic E-state index is 11.6.